The molecule has 0 bridgehead atoms. The molecule has 0 fully saturated rings. The number of anilines is 2. The summed E-state index contributed by atoms with van der Waals surface area (Å²) < 4.78 is 25.5. The van der Waals surface area contributed by atoms with Gasteiger partial charge >= 0.3 is 0 Å². The number of carbonyl (C=O) groups excluding carboxylic acids is 2. The Hall–Kier alpha value is -2.58. The zero-order chi connectivity index (χ0) is 20.2. The third-order valence-electron chi connectivity index (χ3n) is 3.60. The monoisotopic (exact) mass is 409 g/mol. The van der Waals surface area contributed by atoms with Gasteiger partial charge in [0.15, 0.2) is 0 Å². The minimum Gasteiger partial charge on any atom is -0.345 e. The third-order valence-corrected chi connectivity index (χ3v) is 4.44. The van der Waals surface area contributed by atoms with E-state index < -0.39 is 15.9 Å². The Bertz CT molecular complexity index is 959. The van der Waals surface area contributed by atoms with E-state index in [0.29, 0.717) is 10.7 Å². The maximum atomic E-state index is 12.8. The van der Waals surface area contributed by atoms with Crippen molar-refractivity contribution in [3.05, 3.63) is 58.6 Å². The minimum atomic E-state index is -3.59. The van der Waals surface area contributed by atoms with Crippen LogP contribution in [0.2, 0.25) is 5.02 Å². The molecular formula is C18H20ClN3O4S. The summed E-state index contributed by atoms with van der Waals surface area (Å²) in [4.78, 5) is 24.0. The number of amides is 2. The van der Waals surface area contributed by atoms with Crippen molar-refractivity contribution in [3.8, 4) is 0 Å². The summed E-state index contributed by atoms with van der Waals surface area (Å²) in [6.07, 6.45) is 0.993. The molecule has 0 saturated heterocycles. The number of rotatable bonds is 6. The molecule has 0 aliphatic rings. The molecule has 0 aliphatic heterocycles. The van der Waals surface area contributed by atoms with E-state index in [2.05, 4.69) is 15.4 Å². The van der Waals surface area contributed by atoms with E-state index in [4.69, 9.17) is 11.6 Å². The van der Waals surface area contributed by atoms with E-state index in [1.54, 1.807) is 31.2 Å². The molecule has 0 aliphatic carbocycles. The van der Waals surface area contributed by atoms with Crippen molar-refractivity contribution < 1.29 is 18.0 Å². The van der Waals surface area contributed by atoms with Gasteiger partial charge in [0.2, 0.25) is 15.9 Å². The molecule has 3 N–H and O–H groups in total. The van der Waals surface area contributed by atoms with Gasteiger partial charge in [0.05, 0.1) is 23.5 Å². The van der Waals surface area contributed by atoms with E-state index >= 15 is 0 Å². The molecule has 7 nitrogen and oxygen atoms in total. The first kappa shape index (κ1) is 20.7. The van der Waals surface area contributed by atoms with Crippen molar-refractivity contribution in [1.82, 2.24) is 5.32 Å². The largest absolute Gasteiger partial charge is 0.345 e. The van der Waals surface area contributed by atoms with Gasteiger partial charge in [-0.2, -0.15) is 0 Å². The number of halogens is 1. The van der Waals surface area contributed by atoms with Crippen LogP contribution in [0.1, 0.15) is 35.8 Å². The highest BCUT2D eigenvalue weighted by atomic mass is 35.5. The Morgan fingerprint density at radius 3 is 2.26 bits per heavy atom. The highest BCUT2D eigenvalue weighted by Crippen LogP contribution is 2.23. The molecule has 0 radical (unpaired) electrons. The van der Waals surface area contributed by atoms with Crippen LogP contribution in [0.3, 0.4) is 0 Å². The van der Waals surface area contributed by atoms with Gasteiger partial charge in [-0.3, -0.25) is 14.3 Å². The van der Waals surface area contributed by atoms with E-state index in [0.717, 1.165) is 11.8 Å². The highest BCUT2D eigenvalue weighted by molar-refractivity contribution is 7.92. The van der Waals surface area contributed by atoms with Crippen molar-refractivity contribution in [3.63, 3.8) is 0 Å². The van der Waals surface area contributed by atoms with Crippen molar-refractivity contribution in [1.29, 1.82) is 0 Å². The number of nitrogens with one attached hydrogen (secondary N) is 3. The summed E-state index contributed by atoms with van der Waals surface area (Å²) in [6.45, 7) is 3.13. The molecule has 0 aromatic heterocycles. The molecule has 144 valence electrons. The second-order valence-electron chi connectivity index (χ2n) is 6.06. The summed E-state index contributed by atoms with van der Waals surface area (Å²) >= 11 is 5.87. The Labute approximate surface area is 163 Å². The van der Waals surface area contributed by atoms with Gasteiger partial charge < -0.3 is 10.6 Å². The van der Waals surface area contributed by atoms with Crippen LogP contribution in [0.5, 0.6) is 0 Å². The zero-order valence-electron chi connectivity index (χ0n) is 15.0. The Morgan fingerprint density at radius 1 is 1.07 bits per heavy atom. The maximum absolute atomic E-state index is 12.8. The molecule has 0 saturated carbocycles. The molecule has 0 heterocycles. The van der Waals surface area contributed by atoms with Crippen molar-refractivity contribution in [2.24, 2.45) is 0 Å². The third kappa shape index (κ3) is 6.26. The molecule has 27 heavy (non-hydrogen) atoms. The van der Waals surface area contributed by atoms with Gasteiger partial charge in [0, 0.05) is 17.6 Å². The molecule has 9 heteroatoms. The number of hydrogen-bond donors (Lipinski definition) is 3. The number of sulfonamides is 1. The quantitative estimate of drug-likeness (QED) is 0.681. The molecule has 2 rings (SSSR count). The summed E-state index contributed by atoms with van der Waals surface area (Å²) in [5.74, 6) is -0.796. The van der Waals surface area contributed by atoms with Crippen LogP contribution >= 0.6 is 11.6 Å². The summed E-state index contributed by atoms with van der Waals surface area (Å²) in [7, 11) is -3.59. The number of benzene rings is 2. The standard InChI is InChI=1S/C18H20ClN3O4S/c1-11(13-4-6-14(19)7-5-13)20-18(24)16-10-15(21-12(2)23)8-9-17(16)22-27(3,25)26/h4-11,22H,1-3H3,(H,20,24)(H,21,23). The highest BCUT2D eigenvalue weighted by Gasteiger charge is 2.18. The molecule has 2 aromatic carbocycles. The Kier molecular flexibility index (Phi) is 6.45. The molecule has 0 spiro atoms. The summed E-state index contributed by atoms with van der Waals surface area (Å²) in [6, 6.07) is 11.0. The smallest absolute Gasteiger partial charge is 0.253 e. The zero-order valence-corrected chi connectivity index (χ0v) is 16.6. The molecule has 1 atom stereocenters. The van der Waals surface area contributed by atoms with Gasteiger partial charge in [-0.05, 0) is 42.8 Å². The van der Waals surface area contributed by atoms with E-state index in [1.807, 2.05) is 0 Å². The predicted octanol–water partition coefficient (Wildman–Crippen LogP) is 3.16. The summed E-state index contributed by atoms with van der Waals surface area (Å²) in [5, 5.41) is 5.96. The van der Waals surface area contributed by atoms with Crippen LogP contribution in [0.4, 0.5) is 11.4 Å². The van der Waals surface area contributed by atoms with E-state index in [9.17, 15) is 18.0 Å². The van der Waals surface area contributed by atoms with Crippen molar-refractivity contribution in [2.45, 2.75) is 19.9 Å². The normalized spacial score (nSPS) is 12.1. The van der Waals surface area contributed by atoms with Crippen LogP contribution < -0.4 is 15.4 Å². The molecule has 2 aromatic rings. The second kappa shape index (κ2) is 8.41. The van der Waals surface area contributed by atoms with E-state index in [-0.39, 0.29) is 23.2 Å². The lowest BCUT2D eigenvalue weighted by Gasteiger charge is -2.17. The number of carbonyl (C=O) groups is 2. The van der Waals surface area contributed by atoms with Gasteiger partial charge in [-0.15, -0.1) is 0 Å². The first-order valence-electron chi connectivity index (χ1n) is 8.01. The average molecular weight is 410 g/mol. The molecule has 2 amide bonds. The van der Waals surface area contributed by atoms with Crippen LogP contribution in [0.25, 0.3) is 0 Å². The predicted molar refractivity (Wildman–Crippen MR) is 107 cm³/mol. The van der Waals surface area contributed by atoms with Gasteiger partial charge in [-0.25, -0.2) is 8.42 Å². The lowest BCUT2D eigenvalue weighted by Crippen LogP contribution is -2.28. The minimum absolute atomic E-state index is 0.0903. The van der Waals surface area contributed by atoms with Crippen molar-refractivity contribution >= 4 is 44.8 Å². The average Bonchev–Trinajstić information content (AvgIpc) is 2.55. The second-order valence-corrected chi connectivity index (χ2v) is 8.25. The van der Waals surface area contributed by atoms with Gasteiger partial charge in [-0.1, -0.05) is 23.7 Å². The van der Waals surface area contributed by atoms with Crippen LogP contribution in [-0.2, 0) is 14.8 Å². The fourth-order valence-corrected chi connectivity index (χ4v) is 3.11. The summed E-state index contributed by atoms with van der Waals surface area (Å²) in [5.41, 5.74) is 1.43. The van der Waals surface area contributed by atoms with Crippen molar-refractivity contribution in [2.75, 3.05) is 16.3 Å². The first-order chi connectivity index (χ1) is 12.5. The lowest BCUT2D eigenvalue weighted by molar-refractivity contribution is -0.114. The topological polar surface area (TPSA) is 104 Å². The fourth-order valence-electron chi connectivity index (χ4n) is 2.41. The lowest BCUT2D eigenvalue weighted by atomic mass is 10.1. The molecular weight excluding hydrogens is 390 g/mol. The maximum Gasteiger partial charge on any atom is 0.253 e. The number of hydrogen-bond acceptors (Lipinski definition) is 4. The van der Waals surface area contributed by atoms with Crippen LogP contribution in [0, 0.1) is 0 Å². The Morgan fingerprint density at radius 2 is 1.70 bits per heavy atom. The van der Waals surface area contributed by atoms with Gasteiger partial charge in [0.1, 0.15) is 0 Å². The Balaban J connectivity index is 2.32. The fraction of sp³-hybridized carbons (Fsp3) is 0.222. The van der Waals surface area contributed by atoms with E-state index in [1.165, 1.54) is 25.1 Å². The van der Waals surface area contributed by atoms with Gasteiger partial charge in [0.25, 0.3) is 5.91 Å². The first-order valence-corrected chi connectivity index (χ1v) is 10.3. The SMILES string of the molecule is CC(=O)Nc1ccc(NS(C)(=O)=O)c(C(=O)NC(C)c2ccc(Cl)cc2)c1. The van der Waals surface area contributed by atoms with Crippen LogP contribution in [-0.4, -0.2) is 26.5 Å². The van der Waals surface area contributed by atoms with Crippen LogP contribution in [0.15, 0.2) is 42.5 Å². The molecule has 1 unspecified atom stereocenters.